The van der Waals surface area contributed by atoms with Crippen LogP contribution in [-0.4, -0.2) is 29.8 Å². The number of methoxy groups -OCH3 is 1. The molecule has 1 N–H and O–H groups in total. The van der Waals surface area contributed by atoms with E-state index in [4.69, 9.17) is 13.9 Å². The van der Waals surface area contributed by atoms with Crippen molar-refractivity contribution < 1.29 is 23.8 Å². The summed E-state index contributed by atoms with van der Waals surface area (Å²) in [5.74, 6) is 0.551. The van der Waals surface area contributed by atoms with Crippen molar-refractivity contribution in [3.63, 3.8) is 0 Å². The van der Waals surface area contributed by atoms with Gasteiger partial charge in [-0.3, -0.25) is 0 Å². The van der Waals surface area contributed by atoms with Gasteiger partial charge in [-0.15, -0.1) is 0 Å². The first-order valence-electron chi connectivity index (χ1n) is 8.40. The zero-order chi connectivity index (χ0) is 19.2. The second kappa shape index (κ2) is 8.23. The fourth-order valence-corrected chi connectivity index (χ4v) is 2.46. The molecule has 0 fully saturated rings. The Labute approximate surface area is 156 Å². The Morgan fingerprint density at radius 1 is 1.19 bits per heavy atom. The van der Waals surface area contributed by atoms with Crippen LogP contribution in [0, 0.1) is 0 Å². The number of aromatic nitrogens is 1. The van der Waals surface area contributed by atoms with Gasteiger partial charge in [-0.2, -0.15) is 0 Å². The summed E-state index contributed by atoms with van der Waals surface area (Å²) < 4.78 is 15.7. The minimum atomic E-state index is -0.389. The number of rotatable bonds is 6. The predicted octanol–water partition coefficient (Wildman–Crippen LogP) is 4.45. The number of ether oxygens (including phenoxy) is 2. The Hall–Kier alpha value is -3.54. The molecule has 0 aliphatic heterocycles. The van der Waals surface area contributed by atoms with E-state index in [0.29, 0.717) is 34.9 Å². The van der Waals surface area contributed by atoms with Crippen molar-refractivity contribution in [1.82, 2.24) is 4.98 Å². The largest absolute Gasteiger partial charge is 0.504 e. The van der Waals surface area contributed by atoms with Gasteiger partial charge in [0.05, 0.1) is 19.3 Å². The van der Waals surface area contributed by atoms with Gasteiger partial charge >= 0.3 is 5.97 Å². The molecule has 1 heterocycles. The SMILES string of the molecule is CCOC(=O)c1ccc2nc(/C=C/C=C\c3ccc(O)c(OC)c3)oc2c1. The summed E-state index contributed by atoms with van der Waals surface area (Å²) in [6, 6.07) is 10.1. The second-order valence-electron chi connectivity index (χ2n) is 5.60. The molecule has 0 amide bonds. The van der Waals surface area contributed by atoms with Crippen LogP contribution >= 0.6 is 0 Å². The first-order chi connectivity index (χ1) is 13.1. The van der Waals surface area contributed by atoms with E-state index >= 15 is 0 Å². The minimum absolute atomic E-state index is 0.0962. The number of carbonyl (C=O) groups excluding carboxylic acids is 1. The van der Waals surface area contributed by atoms with E-state index in [1.54, 1.807) is 55.5 Å². The third-order valence-corrected chi connectivity index (χ3v) is 3.76. The van der Waals surface area contributed by atoms with Crippen LogP contribution in [0.5, 0.6) is 11.5 Å². The zero-order valence-corrected chi connectivity index (χ0v) is 15.0. The van der Waals surface area contributed by atoms with Crippen molar-refractivity contribution >= 4 is 29.2 Å². The van der Waals surface area contributed by atoms with Crippen LogP contribution in [0.15, 0.2) is 53.0 Å². The zero-order valence-electron chi connectivity index (χ0n) is 15.0. The topological polar surface area (TPSA) is 81.8 Å². The molecule has 0 unspecified atom stereocenters. The van der Waals surface area contributed by atoms with E-state index in [-0.39, 0.29) is 11.7 Å². The molecular formula is C21H19NO5. The van der Waals surface area contributed by atoms with Crippen LogP contribution in [0.3, 0.4) is 0 Å². The van der Waals surface area contributed by atoms with Crippen molar-refractivity contribution in [1.29, 1.82) is 0 Å². The number of nitrogens with zero attached hydrogens (tertiary/aromatic N) is 1. The van der Waals surface area contributed by atoms with Crippen LogP contribution in [0.1, 0.15) is 28.7 Å². The van der Waals surface area contributed by atoms with Gasteiger partial charge in [0.25, 0.3) is 0 Å². The third-order valence-electron chi connectivity index (χ3n) is 3.76. The number of allylic oxidation sites excluding steroid dienone is 2. The lowest BCUT2D eigenvalue weighted by Crippen LogP contribution is -2.03. The maximum Gasteiger partial charge on any atom is 0.338 e. The standard InChI is InChI=1S/C21H19NO5/c1-3-26-21(24)15-9-10-16-18(13-15)27-20(22-16)7-5-4-6-14-8-11-17(23)19(12-14)25-2/h4-13,23H,3H2,1-2H3/b6-4-,7-5+. The van der Waals surface area contributed by atoms with Crippen LogP contribution in [-0.2, 0) is 4.74 Å². The molecular weight excluding hydrogens is 346 g/mol. The van der Waals surface area contributed by atoms with Gasteiger partial charge in [-0.25, -0.2) is 9.78 Å². The monoisotopic (exact) mass is 365 g/mol. The van der Waals surface area contributed by atoms with E-state index in [9.17, 15) is 9.90 Å². The highest BCUT2D eigenvalue weighted by Gasteiger charge is 2.10. The summed E-state index contributed by atoms with van der Waals surface area (Å²) in [5.41, 5.74) is 2.49. The summed E-state index contributed by atoms with van der Waals surface area (Å²) in [5, 5.41) is 9.60. The van der Waals surface area contributed by atoms with Crippen molar-refractivity contribution in [3.8, 4) is 11.5 Å². The molecule has 0 bridgehead atoms. The number of phenols is 1. The number of oxazole rings is 1. The van der Waals surface area contributed by atoms with Crippen LogP contribution < -0.4 is 4.74 Å². The highest BCUT2D eigenvalue weighted by molar-refractivity contribution is 5.93. The summed E-state index contributed by atoms with van der Waals surface area (Å²) in [6.45, 7) is 2.08. The van der Waals surface area contributed by atoms with E-state index < -0.39 is 0 Å². The van der Waals surface area contributed by atoms with Crippen LogP contribution in [0.4, 0.5) is 0 Å². The number of hydrogen-bond acceptors (Lipinski definition) is 6. The molecule has 138 valence electrons. The van der Waals surface area contributed by atoms with Gasteiger partial charge in [-0.05, 0) is 42.8 Å². The lowest BCUT2D eigenvalue weighted by atomic mass is 10.2. The Bertz CT molecular complexity index is 1020. The lowest BCUT2D eigenvalue weighted by Gasteiger charge is -2.03. The number of aromatic hydroxyl groups is 1. The molecule has 0 spiro atoms. The maximum absolute atomic E-state index is 11.8. The Morgan fingerprint density at radius 2 is 2.00 bits per heavy atom. The molecule has 0 atom stereocenters. The highest BCUT2D eigenvalue weighted by Crippen LogP contribution is 2.26. The van der Waals surface area contributed by atoms with Gasteiger partial charge in [0.2, 0.25) is 5.89 Å². The molecule has 2 aromatic carbocycles. The fraction of sp³-hybridized carbons (Fsp3) is 0.143. The summed E-state index contributed by atoms with van der Waals surface area (Å²) in [4.78, 5) is 16.1. The smallest absolute Gasteiger partial charge is 0.338 e. The number of benzene rings is 2. The molecule has 0 radical (unpaired) electrons. The molecule has 3 aromatic rings. The maximum atomic E-state index is 11.8. The molecule has 0 aliphatic rings. The first kappa shape index (κ1) is 18.3. The normalized spacial score (nSPS) is 11.5. The van der Waals surface area contributed by atoms with Gasteiger partial charge in [0.1, 0.15) is 5.52 Å². The number of hydrogen-bond donors (Lipinski definition) is 1. The number of carbonyl (C=O) groups is 1. The minimum Gasteiger partial charge on any atom is -0.504 e. The van der Waals surface area contributed by atoms with Gasteiger partial charge < -0.3 is 19.0 Å². The number of fused-ring (bicyclic) bond motifs is 1. The quantitative estimate of drug-likeness (QED) is 0.513. The molecule has 0 saturated carbocycles. The fourth-order valence-electron chi connectivity index (χ4n) is 2.46. The molecule has 0 saturated heterocycles. The van der Waals surface area contributed by atoms with Crippen LogP contribution in [0.2, 0.25) is 0 Å². The van der Waals surface area contributed by atoms with Crippen molar-refractivity contribution in [3.05, 3.63) is 65.6 Å². The Balaban J connectivity index is 1.73. The van der Waals surface area contributed by atoms with E-state index in [1.807, 2.05) is 12.2 Å². The predicted molar refractivity (Wildman–Crippen MR) is 103 cm³/mol. The van der Waals surface area contributed by atoms with Crippen molar-refractivity contribution in [2.75, 3.05) is 13.7 Å². The van der Waals surface area contributed by atoms with E-state index in [1.165, 1.54) is 7.11 Å². The molecule has 6 nitrogen and oxygen atoms in total. The molecule has 0 aliphatic carbocycles. The second-order valence-corrected chi connectivity index (χ2v) is 5.60. The van der Waals surface area contributed by atoms with E-state index in [0.717, 1.165) is 5.56 Å². The first-order valence-corrected chi connectivity index (χ1v) is 8.40. The number of esters is 1. The highest BCUT2D eigenvalue weighted by atomic mass is 16.5. The molecule has 6 heteroatoms. The summed E-state index contributed by atoms with van der Waals surface area (Å²) in [6.07, 6.45) is 7.19. The van der Waals surface area contributed by atoms with Gasteiger partial charge in [0, 0.05) is 6.08 Å². The molecule has 3 rings (SSSR count). The summed E-state index contributed by atoms with van der Waals surface area (Å²) >= 11 is 0. The molecule has 27 heavy (non-hydrogen) atoms. The molecule has 1 aromatic heterocycles. The van der Waals surface area contributed by atoms with E-state index in [2.05, 4.69) is 4.98 Å². The number of phenolic OH excluding ortho intramolecular Hbond substituents is 1. The average molecular weight is 365 g/mol. The van der Waals surface area contributed by atoms with Gasteiger partial charge in [-0.1, -0.05) is 24.3 Å². The Morgan fingerprint density at radius 3 is 2.78 bits per heavy atom. The van der Waals surface area contributed by atoms with Crippen molar-refractivity contribution in [2.24, 2.45) is 0 Å². The third kappa shape index (κ3) is 4.36. The van der Waals surface area contributed by atoms with Crippen molar-refractivity contribution in [2.45, 2.75) is 6.92 Å². The van der Waals surface area contributed by atoms with Crippen LogP contribution in [0.25, 0.3) is 23.3 Å². The summed E-state index contributed by atoms with van der Waals surface area (Å²) in [7, 11) is 1.50. The van der Waals surface area contributed by atoms with Gasteiger partial charge in [0.15, 0.2) is 17.1 Å². The Kier molecular flexibility index (Phi) is 5.56. The lowest BCUT2D eigenvalue weighted by molar-refractivity contribution is 0.0526. The average Bonchev–Trinajstić information content (AvgIpc) is 3.08.